The molecule has 3 nitrogen and oxygen atoms in total. The zero-order chi connectivity index (χ0) is 5.98. The molecule has 0 bridgehead atoms. The van der Waals surface area contributed by atoms with Gasteiger partial charge in [-0.2, -0.15) is 5.26 Å². The lowest BCUT2D eigenvalue weighted by Crippen LogP contribution is -2.19. The van der Waals surface area contributed by atoms with E-state index in [4.69, 9.17) is 5.26 Å². The molecular formula is C5H8N3. The molecule has 0 amide bonds. The van der Waals surface area contributed by atoms with Gasteiger partial charge in [0, 0.05) is 6.67 Å². The third kappa shape index (κ3) is 0.971. The lowest BCUT2D eigenvalue weighted by Gasteiger charge is -1.99. The Kier molecular flexibility index (Phi) is 1.47. The Labute approximate surface area is 48.9 Å². The molecule has 0 aromatic rings. The topological polar surface area (TPSA) is 39.1 Å². The minimum absolute atomic E-state index is 0.0694. The molecule has 1 aliphatic rings. The number of hydrogen-bond acceptors (Lipinski definition) is 3. The Hall–Kier alpha value is -0.590. The standard InChI is InChI=1S/C5H8N3/c1-8-3-5(2-6)7-4-8/h3,5,7H,4H2,1H3. The smallest absolute Gasteiger partial charge is 0.114 e. The van der Waals surface area contributed by atoms with E-state index in [1.807, 2.05) is 18.5 Å². The van der Waals surface area contributed by atoms with Crippen molar-refractivity contribution >= 4 is 0 Å². The van der Waals surface area contributed by atoms with E-state index in [1.54, 1.807) is 0 Å². The fraction of sp³-hybridized carbons (Fsp3) is 0.600. The molecule has 0 aromatic carbocycles. The number of rotatable bonds is 0. The third-order valence-electron chi connectivity index (χ3n) is 1.10. The van der Waals surface area contributed by atoms with Gasteiger partial charge in [-0.3, -0.25) is 10.2 Å². The first-order valence-electron chi connectivity index (χ1n) is 2.51. The van der Waals surface area contributed by atoms with E-state index in [9.17, 15) is 0 Å². The van der Waals surface area contributed by atoms with Gasteiger partial charge in [-0.1, -0.05) is 0 Å². The first kappa shape index (κ1) is 5.54. The van der Waals surface area contributed by atoms with Crippen LogP contribution in [0.5, 0.6) is 0 Å². The molecule has 0 aromatic heterocycles. The molecular weight excluding hydrogens is 102 g/mol. The van der Waals surface area contributed by atoms with E-state index >= 15 is 0 Å². The summed E-state index contributed by atoms with van der Waals surface area (Å²) in [7, 11) is 1.93. The first-order valence-corrected chi connectivity index (χ1v) is 2.51. The second-order valence-corrected chi connectivity index (χ2v) is 1.88. The van der Waals surface area contributed by atoms with Crippen molar-refractivity contribution in [1.29, 1.82) is 5.26 Å². The van der Waals surface area contributed by atoms with Crippen LogP contribution in [0.1, 0.15) is 0 Å². The minimum Gasteiger partial charge on any atom is -0.288 e. The van der Waals surface area contributed by atoms with Gasteiger partial charge in [-0.25, -0.2) is 0 Å². The minimum atomic E-state index is -0.0694. The number of nitrogens with one attached hydrogen (secondary N) is 1. The van der Waals surface area contributed by atoms with Crippen LogP contribution >= 0.6 is 0 Å². The number of likely N-dealkylation sites (N-methyl/N-ethyl adjacent to an activating group) is 1. The molecule has 3 heteroatoms. The van der Waals surface area contributed by atoms with E-state index in [-0.39, 0.29) is 6.04 Å². The zero-order valence-corrected chi connectivity index (χ0v) is 4.76. The van der Waals surface area contributed by atoms with E-state index < -0.39 is 0 Å². The molecule has 0 aliphatic carbocycles. The van der Waals surface area contributed by atoms with Crippen molar-refractivity contribution in [2.45, 2.75) is 6.04 Å². The van der Waals surface area contributed by atoms with Crippen molar-refractivity contribution in [2.75, 3.05) is 13.7 Å². The van der Waals surface area contributed by atoms with Gasteiger partial charge in [-0.05, 0) is 7.05 Å². The molecule has 43 valence electrons. The third-order valence-corrected chi connectivity index (χ3v) is 1.10. The molecule has 0 saturated carbocycles. The van der Waals surface area contributed by atoms with Crippen molar-refractivity contribution in [3.63, 3.8) is 0 Å². The predicted molar refractivity (Wildman–Crippen MR) is 29.5 cm³/mol. The molecule has 1 aliphatic heterocycles. The normalized spacial score (nSPS) is 30.2. The Balaban J connectivity index is 2.35. The Morgan fingerprint density at radius 2 is 2.75 bits per heavy atom. The van der Waals surface area contributed by atoms with Crippen LogP contribution in [0.2, 0.25) is 0 Å². The summed E-state index contributed by atoms with van der Waals surface area (Å²) < 4.78 is 0. The van der Waals surface area contributed by atoms with Crippen molar-refractivity contribution in [1.82, 2.24) is 10.2 Å². The summed E-state index contributed by atoms with van der Waals surface area (Å²) in [6.45, 7) is 2.65. The maximum atomic E-state index is 8.31. The largest absolute Gasteiger partial charge is 0.288 e. The van der Waals surface area contributed by atoms with Gasteiger partial charge in [0.25, 0.3) is 0 Å². The monoisotopic (exact) mass is 110 g/mol. The Morgan fingerprint density at radius 3 is 3.00 bits per heavy atom. The SMILES string of the molecule is CN1[CH]C(C#N)NC1. The van der Waals surface area contributed by atoms with Crippen LogP contribution in [0, 0.1) is 17.9 Å². The van der Waals surface area contributed by atoms with Crippen LogP contribution in [0.4, 0.5) is 0 Å². The van der Waals surface area contributed by atoms with Gasteiger partial charge >= 0.3 is 0 Å². The molecule has 1 radical (unpaired) electrons. The molecule has 1 N–H and O–H groups in total. The fourth-order valence-electron chi connectivity index (χ4n) is 0.681. The summed E-state index contributed by atoms with van der Waals surface area (Å²) in [6, 6.07) is 2.02. The zero-order valence-electron chi connectivity index (χ0n) is 4.76. The summed E-state index contributed by atoms with van der Waals surface area (Å²) in [5, 5.41) is 11.3. The van der Waals surface area contributed by atoms with Gasteiger partial charge in [0.1, 0.15) is 6.04 Å². The highest BCUT2D eigenvalue weighted by Gasteiger charge is 2.17. The molecule has 1 heterocycles. The summed E-state index contributed by atoms with van der Waals surface area (Å²) in [4.78, 5) is 1.95. The highest BCUT2D eigenvalue weighted by atomic mass is 15.3. The van der Waals surface area contributed by atoms with Crippen molar-refractivity contribution in [3.05, 3.63) is 6.54 Å². The highest BCUT2D eigenvalue weighted by molar-refractivity contribution is 5.02. The molecule has 1 unspecified atom stereocenters. The van der Waals surface area contributed by atoms with Gasteiger partial charge in [0.2, 0.25) is 0 Å². The van der Waals surface area contributed by atoms with E-state index in [0.29, 0.717) is 0 Å². The maximum absolute atomic E-state index is 8.31. The highest BCUT2D eigenvalue weighted by Crippen LogP contribution is 1.99. The van der Waals surface area contributed by atoms with Crippen molar-refractivity contribution in [3.8, 4) is 6.07 Å². The fourth-order valence-corrected chi connectivity index (χ4v) is 0.681. The van der Waals surface area contributed by atoms with Crippen LogP contribution in [0.15, 0.2) is 0 Å². The van der Waals surface area contributed by atoms with Crippen molar-refractivity contribution < 1.29 is 0 Å². The van der Waals surface area contributed by atoms with Crippen LogP contribution < -0.4 is 5.32 Å². The van der Waals surface area contributed by atoms with Crippen LogP contribution in [-0.4, -0.2) is 24.7 Å². The average molecular weight is 110 g/mol. The van der Waals surface area contributed by atoms with Crippen LogP contribution in [-0.2, 0) is 0 Å². The van der Waals surface area contributed by atoms with E-state index in [1.165, 1.54) is 0 Å². The Bertz CT molecular complexity index is 115. The summed E-state index contributed by atoms with van der Waals surface area (Å²) >= 11 is 0. The van der Waals surface area contributed by atoms with E-state index in [2.05, 4.69) is 11.4 Å². The second kappa shape index (κ2) is 2.12. The molecule has 1 fully saturated rings. The number of nitrogens with zero attached hydrogens (tertiary/aromatic N) is 2. The van der Waals surface area contributed by atoms with Crippen molar-refractivity contribution in [2.24, 2.45) is 0 Å². The lowest BCUT2D eigenvalue weighted by atomic mass is 10.4. The molecule has 8 heavy (non-hydrogen) atoms. The van der Waals surface area contributed by atoms with Crippen LogP contribution in [0.3, 0.4) is 0 Å². The number of nitriles is 1. The average Bonchev–Trinajstić information content (AvgIpc) is 2.14. The second-order valence-electron chi connectivity index (χ2n) is 1.88. The molecule has 1 rings (SSSR count). The van der Waals surface area contributed by atoms with Gasteiger partial charge < -0.3 is 0 Å². The first-order chi connectivity index (χ1) is 3.83. The maximum Gasteiger partial charge on any atom is 0.114 e. The predicted octanol–water partition coefficient (Wildman–Crippen LogP) is -0.467. The molecule has 1 atom stereocenters. The summed E-state index contributed by atoms with van der Waals surface area (Å²) in [5.74, 6) is 0. The lowest BCUT2D eigenvalue weighted by molar-refractivity contribution is 0.460. The summed E-state index contributed by atoms with van der Waals surface area (Å²) in [5.41, 5.74) is 0. The van der Waals surface area contributed by atoms with E-state index in [0.717, 1.165) is 6.67 Å². The van der Waals surface area contributed by atoms with Crippen LogP contribution in [0.25, 0.3) is 0 Å². The van der Waals surface area contributed by atoms with Gasteiger partial charge in [0.15, 0.2) is 0 Å². The van der Waals surface area contributed by atoms with Gasteiger partial charge in [0.05, 0.1) is 12.6 Å². The number of hydrogen-bond donors (Lipinski definition) is 1. The molecule has 1 saturated heterocycles. The van der Waals surface area contributed by atoms with Gasteiger partial charge in [-0.15, -0.1) is 0 Å². The molecule has 0 spiro atoms. The Morgan fingerprint density at radius 1 is 2.00 bits per heavy atom. The quantitative estimate of drug-likeness (QED) is 0.458. The summed E-state index contributed by atoms with van der Waals surface area (Å²) in [6.07, 6.45) is 0.